The fraction of sp³-hybridized carbons (Fsp3) is 0.667. The highest BCUT2D eigenvalue weighted by molar-refractivity contribution is 5.70. The van der Waals surface area contributed by atoms with E-state index >= 15 is 0 Å². The van der Waals surface area contributed by atoms with E-state index in [0.717, 1.165) is 36.6 Å². The third kappa shape index (κ3) is 1.96. The van der Waals surface area contributed by atoms with Crippen molar-refractivity contribution in [3.05, 3.63) is 17.2 Å². The third-order valence-corrected chi connectivity index (χ3v) is 3.26. The lowest BCUT2D eigenvalue weighted by Gasteiger charge is -2.22. The Balaban J connectivity index is 2.38. The van der Waals surface area contributed by atoms with Gasteiger partial charge < -0.3 is 9.67 Å². The molecule has 1 aliphatic rings. The Morgan fingerprint density at radius 1 is 1.62 bits per heavy atom. The average Bonchev–Trinajstić information content (AvgIpc) is 2.55. The van der Waals surface area contributed by atoms with Gasteiger partial charge in [-0.3, -0.25) is 4.79 Å². The Morgan fingerprint density at radius 2 is 2.38 bits per heavy atom. The summed E-state index contributed by atoms with van der Waals surface area (Å²) in [5.74, 6) is 0.890. The van der Waals surface area contributed by atoms with Crippen LogP contribution >= 0.6 is 0 Å². The number of hydrogen-bond donors (Lipinski definition) is 1. The number of aliphatic carboxylic acids is 1. The van der Waals surface area contributed by atoms with E-state index in [2.05, 4.69) is 23.4 Å². The largest absolute Gasteiger partial charge is 0.481 e. The van der Waals surface area contributed by atoms with Crippen LogP contribution in [0.1, 0.15) is 37.5 Å². The van der Waals surface area contributed by atoms with Gasteiger partial charge in [-0.25, -0.2) is 4.98 Å². The van der Waals surface area contributed by atoms with Crippen molar-refractivity contribution < 1.29 is 9.90 Å². The van der Waals surface area contributed by atoms with Gasteiger partial charge in [-0.15, -0.1) is 0 Å². The molecule has 4 nitrogen and oxygen atoms in total. The van der Waals surface area contributed by atoms with Crippen LogP contribution in [0.2, 0.25) is 0 Å². The number of rotatable bonds is 3. The molecular formula is C12H18N2O2. The molecule has 0 bridgehead atoms. The van der Waals surface area contributed by atoms with Crippen molar-refractivity contribution in [3.63, 3.8) is 0 Å². The van der Waals surface area contributed by atoms with E-state index in [9.17, 15) is 4.79 Å². The van der Waals surface area contributed by atoms with E-state index in [1.165, 1.54) is 6.42 Å². The van der Waals surface area contributed by atoms with Crippen molar-refractivity contribution in [1.29, 1.82) is 0 Å². The Kier molecular flexibility index (Phi) is 2.99. The smallest absolute Gasteiger partial charge is 0.309 e. The van der Waals surface area contributed by atoms with Crippen molar-refractivity contribution in [2.24, 2.45) is 5.92 Å². The average molecular weight is 222 g/mol. The number of fused-ring (bicyclic) bond motifs is 1. The van der Waals surface area contributed by atoms with Crippen LogP contribution in [0.4, 0.5) is 0 Å². The minimum absolute atomic E-state index is 0.0576. The highest BCUT2D eigenvalue weighted by atomic mass is 16.4. The van der Waals surface area contributed by atoms with Crippen LogP contribution in [0, 0.1) is 5.92 Å². The third-order valence-electron chi connectivity index (χ3n) is 3.26. The van der Waals surface area contributed by atoms with E-state index in [1.54, 1.807) is 0 Å². The molecule has 0 radical (unpaired) electrons. The molecule has 4 heteroatoms. The van der Waals surface area contributed by atoms with Crippen LogP contribution in [0.25, 0.3) is 0 Å². The van der Waals surface area contributed by atoms with Crippen LogP contribution in [0.15, 0.2) is 0 Å². The summed E-state index contributed by atoms with van der Waals surface area (Å²) in [5, 5.41) is 8.87. The Bertz CT molecular complexity index is 409. The molecule has 1 N–H and O–H groups in total. The number of aromatic nitrogens is 2. The number of carboxylic acids is 1. The SMILES string of the molecule is CCc1nc(CC(=O)O)c2n1CCC(C)C2. The summed E-state index contributed by atoms with van der Waals surface area (Å²) < 4.78 is 2.22. The zero-order valence-electron chi connectivity index (χ0n) is 9.86. The number of aryl methyl sites for hydroxylation is 1. The first-order chi connectivity index (χ1) is 7.61. The molecule has 0 saturated heterocycles. The first-order valence-electron chi connectivity index (χ1n) is 5.90. The van der Waals surface area contributed by atoms with Gasteiger partial charge in [-0.2, -0.15) is 0 Å². The number of nitrogens with zero attached hydrogens (tertiary/aromatic N) is 2. The predicted molar refractivity (Wildman–Crippen MR) is 60.4 cm³/mol. The summed E-state index contributed by atoms with van der Waals surface area (Å²) >= 11 is 0. The zero-order chi connectivity index (χ0) is 11.7. The van der Waals surface area contributed by atoms with E-state index in [-0.39, 0.29) is 6.42 Å². The van der Waals surface area contributed by atoms with E-state index in [0.29, 0.717) is 5.92 Å². The van der Waals surface area contributed by atoms with Gasteiger partial charge in [0.1, 0.15) is 5.82 Å². The molecule has 0 fully saturated rings. The molecular weight excluding hydrogens is 204 g/mol. The molecule has 0 aromatic carbocycles. The van der Waals surface area contributed by atoms with E-state index in [4.69, 9.17) is 5.11 Å². The van der Waals surface area contributed by atoms with Crippen molar-refractivity contribution in [2.75, 3.05) is 0 Å². The predicted octanol–water partition coefficient (Wildman–Crippen LogP) is 1.65. The maximum atomic E-state index is 10.8. The molecule has 1 aromatic rings. The Labute approximate surface area is 95.3 Å². The number of carbonyl (C=O) groups is 1. The maximum absolute atomic E-state index is 10.8. The second-order valence-electron chi connectivity index (χ2n) is 4.60. The topological polar surface area (TPSA) is 55.1 Å². The Morgan fingerprint density at radius 3 is 3.00 bits per heavy atom. The molecule has 2 rings (SSSR count). The van der Waals surface area contributed by atoms with E-state index < -0.39 is 5.97 Å². The summed E-state index contributed by atoms with van der Waals surface area (Å²) in [6.45, 7) is 5.27. The lowest BCUT2D eigenvalue weighted by Crippen LogP contribution is -2.19. The van der Waals surface area contributed by atoms with Gasteiger partial charge in [0.15, 0.2) is 0 Å². The molecule has 1 unspecified atom stereocenters. The zero-order valence-corrected chi connectivity index (χ0v) is 9.86. The van der Waals surface area contributed by atoms with Gasteiger partial charge in [0.2, 0.25) is 0 Å². The normalized spacial score (nSPS) is 19.5. The summed E-state index contributed by atoms with van der Waals surface area (Å²) in [6, 6.07) is 0. The van der Waals surface area contributed by atoms with Crippen LogP contribution in [-0.2, 0) is 30.6 Å². The molecule has 0 spiro atoms. The second kappa shape index (κ2) is 4.28. The lowest BCUT2D eigenvalue weighted by atomic mass is 9.96. The van der Waals surface area contributed by atoms with Crippen LogP contribution < -0.4 is 0 Å². The van der Waals surface area contributed by atoms with Gasteiger partial charge in [0.05, 0.1) is 12.1 Å². The first kappa shape index (κ1) is 11.2. The summed E-state index contributed by atoms with van der Waals surface area (Å²) in [7, 11) is 0. The van der Waals surface area contributed by atoms with Crippen molar-refractivity contribution in [1.82, 2.24) is 9.55 Å². The van der Waals surface area contributed by atoms with Gasteiger partial charge in [0.25, 0.3) is 0 Å². The molecule has 88 valence electrons. The molecule has 1 aromatic heterocycles. The lowest BCUT2D eigenvalue weighted by molar-refractivity contribution is -0.136. The monoisotopic (exact) mass is 222 g/mol. The van der Waals surface area contributed by atoms with E-state index in [1.807, 2.05) is 0 Å². The molecule has 2 heterocycles. The van der Waals surface area contributed by atoms with Crippen molar-refractivity contribution in [2.45, 2.75) is 46.1 Å². The van der Waals surface area contributed by atoms with Crippen LogP contribution in [-0.4, -0.2) is 20.6 Å². The molecule has 1 aliphatic heterocycles. The standard InChI is InChI=1S/C12H18N2O2/c1-3-11-13-9(7-12(15)16)10-6-8(2)4-5-14(10)11/h8H,3-7H2,1-2H3,(H,15,16). The highest BCUT2D eigenvalue weighted by Gasteiger charge is 2.23. The molecule has 16 heavy (non-hydrogen) atoms. The summed E-state index contributed by atoms with van der Waals surface area (Å²) in [4.78, 5) is 15.3. The minimum Gasteiger partial charge on any atom is -0.481 e. The van der Waals surface area contributed by atoms with Gasteiger partial charge in [0, 0.05) is 18.7 Å². The first-order valence-corrected chi connectivity index (χ1v) is 5.90. The number of carboxylic acid groups (broad SMARTS) is 1. The van der Waals surface area contributed by atoms with Gasteiger partial charge in [-0.1, -0.05) is 13.8 Å². The van der Waals surface area contributed by atoms with Gasteiger partial charge >= 0.3 is 5.97 Å². The summed E-state index contributed by atoms with van der Waals surface area (Å²) in [6.07, 6.45) is 3.07. The minimum atomic E-state index is -0.790. The fourth-order valence-electron chi connectivity index (χ4n) is 2.42. The van der Waals surface area contributed by atoms with Crippen molar-refractivity contribution >= 4 is 5.97 Å². The highest BCUT2D eigenvalue weighted by Crippen LogP contribution is 2.25. The summed E-state index contributed by atoms with van der Waals surface area (Å²) in [5.41, 5.74) is 1.92. The number of hydrogen-bond acceptors (Lipinski definition) is 2. The molecule has 0 amide bonds. The number of imidazole rings is 1. The van der Waals surface area contributed by atoms with Crippen LogP contribution in [0.5, 0.6) is 0 Å². The Hall–Kier alpha value is -1.32. The van der Waals surface area contributed by atoms with Gasteiger partial charge in [-0.05, 0) is 18.8 Å². The second-order valence-corrected chi connectivity index (χ2v) is 4.60. The molecule has 0 aliphatic carbocycles. The molecule has 1 atom stereocenters. The maximum Gasteiger partial charge on any atom is 0.309 e. The fourth-order valence-corrected chi connectivity index (χ4v) is 2.42. The van der Waals surface area contributed by atoms with Crippen LogP contribution in [0.3, 0.4) is 0 Å². The quantitative estimate of drug-likeness (QED) is 0.846. The molecule has 0 saturated carbocycles. The van der Waals surface area contributed by atoms with Crippen molar-refractivity contribution in [3.8, 4) is 0 Å².